The molecular weight excluding hydrogens is 457 g/mol. The molecule has 1 aliphatic heterocycles. The Balaban J connectivity index is 1.29. The summed E-state index contributed by atoms with van der Waals surface area (Å²) in [5.41, 5.74) is 1.64. The molecule has 1 spiro atoms. The smallest absolute Gasteiger partial charge is 0.417 e. The monoisotopic (exact) mass is 480 g/mol. The Kier molecular flexibility index (Phi) is 4.88. The lowest BCUT2D eigenvalue weighted by molar-refractivity contribution is -0.138. The Hall–Kier alpha value is -3.49. The molecule has 3 aromatic heterocycles. The van der Waals surface area contributed by atoms with Crippen LogP contribution in [0.4, 0.5) is 13.2 Å². The predicted molar refractivity (Wildman–Crippen MR) is 120 cm³/mol. The van der Waals surface area contributed by atoms with E-state index in [4.69, 9.17) is 4.74 Å². The second kappa shape index (κ2) is 7.76. The van der Waals surface area contributed by atoms with E-state index in [1.807, 2.05) is 42.2 Å². The van der Waals surface area contributed by atoms with Gasteiger partial charge in [-0.15, -0.1) is 0 Å². The molecule has 4 atom stereocenters. The number of alkyl halides is 3. The molecule has 3 fully saturated rings. The van der Waals surface area contributed by atoms with Crippen molar-refractivity contribution in [2.75, 3.05) is 6.54 Å². The molecule has 6 nitrogen and oxygen atoms in total. The Morgan fingerprint density at radius 2 is 2.00 bits per heavy atom. The van der Waals surface area contributed by atoms with Crippen molar-refractivity contribution >= 4 is 5.91 Å². The summed E-state index contributed by atoms with van der Waals surface area (Å²) in [6.07, 6.45) is 0.525. The Bertz CT molecular complexity index is 1280. The van der Waals surface area contributed by atoms with Crippen molar-refractivity contribution in [1.29, 1.82) is 0 Å². The summed E-state index contributed by atoms with van der Waals surface area (Å²) in [5, 5.41) is 0. The number of carbonyl (C=O) groups excluding carboxylic acids is 1. The van der Waals surface area contributed by atoms with E-state index in [0.29, 0.717) is 29.4 Å². The lowest BCUT2D eigenvalue weighted by Crippen LogP contribution is -2.65. The molecule has 3 aromatic rings. The number of aryl methyl sites for hydroxylation is 1. The fourth-order valence-corrected chi connectivity index (χ4v) is 6.00. The Labute approximate surface area is 200 Å². The highest BCUT2D eigenvalue weighted by Gasteiger charge is 2.70. The van der Waals surface area contributed by atoms with E-state index in [0.717, 1.165) is 37.2 Å². The van der Waals surface area contributed by atoms with E-state index >= 15 is 0 Å². The van der Waals surface area contributed by atoms with Gasteiger partial charge in [0, 0.05) is 41.7 Å². The maximum Gasteiger partial charge on any atom is 0.417 e. The molecule has 35 heavy (non-hydrogen) atoms. The molecule has 1 amide bonds. The first-order valence-corrected chi connectivity index (χ1v) is 11.7. The van der Waals surface area contributed by atoms with Crippen molar-refractivity contribution in [3.63, 3.8) is 0 Å². The fraction of sp³-hybridized carbons (Fsp3) is 0.385. The molecule has 9 heteroatoms. The number of amides is 1. The zero-order chi connectivity index (χ0) is 24.4. The van der Waals surface area contributed by atoms with Crippen LogP contribution in [-0.4, -0.2) is 44.4 Å². The maximum atomic E-state index is 13.9. The van der Waals surface area contributed by atoms with Crippen LogP contribution in [-0.2, 0) is 6.18 Å². The van der Waals surface area contributed by atoms with Crippen molar-refractivity contribution < 1.29 is 22.7 Å². The third kappa shape index (κ3) is 3.47. The van der Waals surface area contributed by atoms with E-state index in [9.17, 15) is 18.0 Å². The highest BCUT2D eigenvalue weighted by Crippen LogP contribution is 2.66. The topological polar surface area (TPSA) is 68.2 Å². The number of rotatable bonds is 4. The van der Waals surface area contributed by atoms with Gasteiger partial charge in [0.05, 0.1) is 17.3 Å². The molecule has 1 saturated heterocycles. The first-order chi connectivity index (χ1) is 16.8. The molecule has 2 aliphatic carbocycles. The van der Waals surface area contributed by atoms with Gasteiger partial charge in [0.1, 0.15) is 11.8 Å². The third-order valence-electron chi connectivity index (χ3n) is 7.82. The molecule has 2 saturated carbocycles. The second-order valence-electron chi connectivity index (χ2n) is 9.68. The summed E-state index contributed by atoms with van der Waals surface area (Å²) in [7, 11) is 0. The van der Waals surface area contributed by atoms with Gasteiger partial charge in [-0.2, -0.15) is 13.2 Å². The molecule has 3 aliphatic rings. The van der Waals surface area contributed by atoms with Crippen LogP contribution in [0.2, 0.25) is 0 Å². The summed E-state index contributed by atoms with van der Waals surface area (Å²) in [5.74, 6) is 0.373. The molecule has 4 heterocycles. The van der Waals surface area contributed by atoms with Gasteiger partial charge >= 0.3 is 6.18 Å². The van der Waals surface area contributed by atoms with Gasteiger partial charge in [-0.3, -0.25) is 9.78 Å². The third-order valence-corrected chi connectivity index (χ3v) is 7.82. The van der Waals surface area contributed by atoms with Crippen LogP contribution in [0.5, 0.6) is 5.88 Å². The van der Waals surface area contributed by atoms with Gasteiger partial charge in [0.2, 0.25) is 5.88 Å². The van der Waals surface area contributed by atoms with Crippen LogP contribution in [0.3, 0.4) is 0 Å². The summed E-state index contributed by atoms with van der Waals surface area (Å²) < 4.78 is 44.7. The van der Waals surface area contributed by atoms with E-state index in [2.05, 4.69) is 15.0 Å². The van der Waals surface area contributed by atoms with Gasteiger partial charge in [0.25, 0.3) is 5.91 Å². The first-order valence-electron chi connectivity index (χ1n) is 11.7. The molecule has 180 valence electrons. The first kappa shape index (κ1) is 22.0. The van der Waals surface area contributed by atoms with Crippen LogP contribution in [0.15, 0.2) is 54.9 Å². The maximum absolute atomic E-state index is 13.9. The molecule has 4 unspecified atom stereocenters. The Morgan fingerprint density at radius 1 is 1.14 bits per heavy atom. The average molecular weight is 480 g/mol. The molecule has 0 N–H and O–H groups in total. The van der Waals surface area contributed by atoms with Crippen molar-refractivity contribution in [2.45, 2.75) is 44.5 Å². The predicted octanol–water partition coefficient (Wildman–Crippen LogP) is 4.94. The number of pyridine rings is 3. The number of aromatic nitrogens is 3. The summed E-state index contributed by atoms with van der Waals surface area (Å²) in [4.78, 5) is 28.6. The van der Waals surface area contributed by atoms with Gasteiger partial charge < -0.3 is 9.64 Å². The molecule has 0 aromatic carbocycles. The average Bonchev–Trinajstić information content (AvgIpc) is 2.99. The number of ether oxygens (including phenoxy) is 1. The zero-order valence-electron chi connectivity index (χ0n) is 19.0. The van der Waals surface area contributed by atoms with E-state index in [1.165, 1.54) is 6.07 Å². The number of likely N-dealkylation sites (tertiary alicyclic amines) is 1. The highest BCUT2D eigenvalue weighted by atomic mass is 19.4. The summed E-state index contributed by atoms with van der Waals surface area (Å²) in [6, 6.07) is 11.3. The quantitative estimate of drug-likeness (QED) is 0.529. The number of hydrogen-bond acceptors (Lipinski definition) is 5. The zero-order valence-corrected chi connectivity index (χ0v) is 19.0. The molecule has 6 rings (SSSR count). The van der Waals surface area contributed by atoms with Gasteiger partial charge in [-0.1, -0.05) is 6.07 Å². The summed E-state index contributed by atoms with van der Waals surface area (Å²) >= 11 is 0. The number of hydrogen-bond donors (Lipinski definition) is 0. The van der Waals surface area contributed by atoms with Crippen molar-refractivity contribution in [3.8, 4) is 17.1 Å². The van der Waals surface area contributed by atoms with Crippen LogP contribution in [0, 0.1) is 18.3 Å². The van der Waals surface area contributed by atoms with E-state index < -0.39 is 11.7 Å². The van der Waals surface area contributed by atoms with Crippen LogP contribution >= 0.6 is 0 Å². The van der Waals surface area contributed by atoms with Gasteiger partial charge in [0.15, 0.2) is 0 Å². The Morgan fingerprint density at radius 3 is 2.66 bits per heavy atom. The largest absolute Gasteiger partial charge is 0.472 e. The van der Waals surface area contributed by atoms with Crippen LogP contribution in [0.25, 0.3) is 11.3 Å². The number of carbonyl (C=O) groups is 1. The van der Waals surface area contributed by atoms with E-state index in [1.54, 1.807) is 6.20 Å². The van der Waals surface area contributed by atoms with Crippen molar-refractivity contribution in [2.24, 2.45) is 11.3 Å². The second-order valence-corrected chi connectivity index (χ2v) is 9.68. The van der Waals surface area contributed by atoms with E-state index in [-0.39, 0.29) is 29.3 Å². The van der Waals surface area contributed by atoms with Crippen molar-refractivity contribution in [1.82, 2.24) is 19.9 Å². The standard InChI is InChI=1S/C26H23F3N4O2/c1-15-5-7-18(19-4-2-3-11-30-19)22(32-15)24(34)33-14-17-9-10-25(17)12-20(23(25)33)35-21-8-6-16(13-31-21)26(27,28)29/h2-8,11,13,17,20,23H,9-10,12,14H2,1H3. The minimum absolute atomic E-state index is 0.0151. The number of halogens is 3. The molecular formula is C26H23F3N4O2. The molecule has 0 radical (unpaired) electrons. The SMILES string of the molecule is Cc1ccc(-c2ccccn2)c(C(=O)N2CC3CCC34CC(Oc3ccc(C(F)(F)F)cn3)C24)n1. The highest BCUT2D eigenvalue weighted by molar-refractivity contribution is 5.99. The minimum Gasteiger partial charge on any atom is -0.472 e. The summed E-state index contributed by atoms with van der Waals surface area (Å²) in [6.45, 7) is 2.47. The van der Waals surface area contributed by atoms with Crippen LogP contribution in [0.1, 0.15) is 41.0 Å². The lowest BCUT2D eigenvalue weighted by atomic mass is 9.48. The fourth-order valence-electron chi connectivity index (χ4n) is 6.00. The van der Waals surface area contributed by atoms with Gasteiger partial charge in [-0.05, 0) is 62.4 Å². The number of nitrogens with zero attached hydrogens (tertiary/aromatic N) is 4. The van der Waals surface area contributed by atoms with Crippen molar-refractivity contribution in [3.05, 3.63) is 71.8 Å². The lowest BCUT2D eigenvalue weighted by Gasteiger charge is -2.59. The van der Waals surface area contributed by atoms with Gasteiger partial charge in [-0.25, -0.2) is 9.97 Å². The molecule has 0 bridgehead atoms. The minimum atomic E-state index is -4.45. The van der Waals surface area contributed by atoms with Crippen LogP contribution < -0.4 is 4.74 Å². The normalized spacial score (nSPS) is 26.9.